The van der Waals surface area contributed by atoms with Crippen LogP contribution >= 0.6 is 0 Å². The van der Waals surface area contributed by atoms with E-state index in [0.29, 0.717) is 47.9 Å². The van der Waals surface area contributed by atoms with Crippen molar-refractivity contribution in [2.24, 2.45) is 0 Å². The van der Waals surface area contributed by atoms with E-state index in [2.05, 4.69) is 16.6 Å². The zero-order chi connectivity index (χ0) is 26.6. The molecule has 0 saturated carbocycles. The summed E-state index contributed by atoms with van der Waals surface area (Å²) in [5.74, 6) is 0.0459. The van der Waals surface area contributed by atoms with E-state index < -0.39 is 11.9 Å². The molecule has 0 heterocycles. The lowest BCUT2D eigenvalue weighted by Crippen LogP contribution is -2.13. The monoisotopic (exact) mass is 496 g/mol. The molecular weight excluding hydrogens is 468 g/mol. The second-order valence-electron chi connectivity index (χ2n) is 7.90. The lowest BCUT2D eigenvalue weighted by molar-refractivity contribution is -0.112. The van der Waals surface area contributed by atoms with Crippen LogP contribution in [0.4, 0.5) is 5.69 Å². The van der Waals surface area contributed by atoms with Gasteiger partial charge in [0.25, 0.3) is 5.91 Å². The average Bonchev–Trinajstić information content (AvgIpc) is 2.92. The number of ether oxygens (including phenoxy) is 3. The van der Waals surface area contributed by atoms with Gasteiger partial charge in [-0.1, -0.05) is 36.4 Å². The van der Waals surface area contributed by atoms with E-state index in [9.17, 15) is 14.9 Å². The lowest BCUT2D eigenvalue weighted by atomic mass is 10.0. The molecule has 0 saturated heterocycles. The van der Waals surface area contributed by atoms with Crippen LogP contribution in [-0.2, 0) is 22.6 Å². The first-order valence-electron chi connectivity index (χ1n) is 11.7. The molecule has 3 aromatic carbocycles. The van der Waals surface area contributed by atoms with Gasteiger partial charge < -0.3 is 19.5 Å². The fourth-order valence-electron chi connectivity index (χ4n) is 3.55. The predicted octanol–water partition coefficient (Wildman–Crippen LogP) is 5.73. The molecule has 188 valence electrons. The van der Waals surface area contributed by atoms with Crippen LogP contribution < -0.4 is 14.8 Å². The Balaban J connectivity index is 1.88. The van der Waals surface area contributed by atoms with Crippen LogP contribution in [0, 0.1) is 11.3 Å². The van der Waals surface area contributed by atoms with Gasteiger partial charge in [-0.2, -0.15) is 5.26 Å². The molecule has 1 N–H and O–H groups in total. The van der Waals surface area contributed by atoms with E-state index in [-0.39, 0.29) is 5.57 Å². The average molecular weight is 497 g/mol. The fraction of sp³-hybridized carbons (Fsp3) is 0.167. The maximum Gasteiger partial charge on any atom is 0.337 e. The van der Waals surface area contributed by atoms with Crippen molar-refractivity contribution in [1.82, 2.24) is 0 Å². The summed E-state index contributed by atoms with van der Waals surface area (Å²) in [5, 5.41) is 12.4. The number of benzene rings is 3. The van der Waals surface area contributed by atoms with Crippen molar-refractivity contribution in [2.45, 2.75) is 20.0 Å². The Morgan fingerprint density at radius 1 is 1.05 bits per heavy atom. The van der Waals surface area contributed by atoms with Gasteiger partial charge in [-0.05, 0) is 66.9 Å². The zero-order valence-electron chi connectivity index (χ0n) is 20.8. The second-order valence-corrected chi connectivity index (χ2v) is 7.90. The van der Waals surface area contributed by atoms with Crippen LogP contribution in [0.2, 0.25) is 0 Å². The van der Waals surface area contributed by atoms with Crippen LogP contribution in [0.5, 0.6) is 11.5 Å². The predicted molar refractivity (Wildman–Crippen MR) is 142 cm³/mol. The number of carbonyl (C=O) groups is 2. The number of esters is 1. The highest BCUT2D eigenvalue weighted by molar-refractivity contribution is 6.09. The van der Waals surface area contributed by atoms with Crippen molar-refractivity contribution in [3.05, 3.63) is 107 Å². The number of hydrogen-bond acceptors (Lipinski definition) is 6. The van der Waals surface area contributed by atoms with Crippen molar-refractivity contribution in [1.29, 1.82) is 5.26 Å². The molecule has 3 aromatic rings. The number of hydrogen-bond donors (Lipinski definition) is 1. The topological polar surface area (TPSA) is 97.7 Å². The number of nitrogens with zero attached hydrogens (tertiary/aromatic N) is 1. The minimum Gasteiger partial charge on any atom is -0.490 e. The van der Waals surface area contributed by atoms with Crippen molar-refractivity contribution in [2.75, 3.05) is 19.0 Å². The summed E-state index contributed by atoms with van der Waals surface area (Å²) < 4.78 is 16.7. The van der Waals surface area contributed by atoms with Crippen molar-refractivity contribution < 1.29 is 23.8 Å². The van der Waals surface area contributed by atoms with Gasteiger partial charge in [-0.3, -0.25) is 4.79 Å². The molecule has 0 fully saturated rings. The molecule has 0 aliphatic carbocycles. The first kappa shape index (κ1) is 26.8. The highest BCUT2D eigenvalue weighted by atomic mass is 16.5. The van der Waals surface area contributed by atoms with Gasteiger partial charge >= 0.3 is 5.97 Å². The first-order valence-corrected chi connectivity index (χ1v) is 11.7. The number of rotatable bonds is 11. The first-order chi connectivity index (χ1) is 18.0. The molecule has 0 atom stereocenters. The Morgan fingerprint density at radius 3 is 2.41 bits per heavy atom. The molecule has 37 heavy (non-hydrogen) atoms. The molecule has 0 spiro atoms. The van der Waals surface area contributed by atoms with Crippen LogP contribution in [0.15, 0.2) is 85.0 Å². The number of anilines is 1. The van der Waals surface area contributed by atoms with Crippen molar-refractivity contribution >= 4 is 23.6 Å². The number of amides is 1. The van der Waals surface area contributed by atoms with Crippen LogP contribution in [-0.4, -0.2) is 25.6 Å². The van der Waals surface area contributed by atoms with Gasteiger partial charge in [-0.25, -0.2) is 4.79 Å². The number of carbonyl (C=O) groups excluding carboxylic acids is 2. The standard InChI is InChI=1S/C30H28N2O5/c1-4-9-24-16-22(18-27(36-5-2)28(24)37-20-21-10-7-6-8-11-21)17-25(19-31)29(33)32-26-14-12-23(13-15-26)30(34)35-3/h4,6-8,10-18H,1,5,9,20H2,2-3H3,(H,32,33)/b25-17+. The molecule has 3 rings (SSSR count). The van der Waals surface area contributed by atoms with E-state index in [1.807, 2.05) is 49.4 Å². The normalized spacial score (nSPS) is 10.7. The van der Waals surface area contributed by atoms with Crippen LogP contribution in [0.3, 0.4) is 0 Å². The van der Waals surface area contributed by atoms with E-state index in [1.54, 1.807) is 24.3 Å². The summed E-state index contributed by atoms with van der Waals surface area (Å²) in [4.78, 5) is 24.4. The summed E-state index contributed by atoms with van der Waals surface area (Å²) in [6.07, 6.45) is 3.75. The van der Waals surface area contributed by atoms with E-state index >= 15 is 0 Å². The van der Waals surface area contributed by atoms with Gasteiger partial charge in [0.05, 0.1) is 19.3 Å². The molecule has 0 aliphatic rings. The molecule has 0 aromatic heterocycles. The number of nitriles is 1. The molecule has 0 radical (unpaired) electrons. The van der Waals surface area contributed by atoms with Gasteiger partial charge in [-0.15, -0.1) is 6.58 Å². The number of methoxy groups -OCH3 is 1. The Bertz CT molecular complexity index is 1320. The summed E-state index contributed by atoms with van der Waals surface area (Å²) in [6.45, 7) is 6.48. The SMILES string of the molecule is C=CCc1cc(/C=C(\C#N)C(=O)Nc2ccc(C(=O)OC)cc2)cc(OCC)c1OCc1ccccc1. The summed E-state index contributed by atoms with van der Waals surface area (Å²) in [6, 6.07) is 21.5. The fourth-order valence-corrected chi connectivity index (χ4v) is 3.55. The highest BCUT2D eigenvalue weighted by Crippen LogP contribution is 2.35. The molecule has 1 amide bonds. The molecular formula is C30H28N2O5. The smallest absolute Gasteiger partial charge is 0.337 e. The zero-order valence-corrected chi connectivity index (χ0v) is 20.8. The van der Waals surface area contributed by atoms with Gasteiger partial charge in [0.15, 0.2) is 11.5 Å². The van der Waals surface area contributed by atoms with Crippen molar-refractivity contribution in [3.8, 4) is 17.6 Å². The Hall–Kier alpha value is -4.83. The maximum absolute atomic E-state index is 12.8. The van der Waals surface area contributed by atoms with E-state index in [4.69, 9.17) is 9.47 Å². The third-order valence-electron chi connectivity index (χ3n) is 5.28. The Kier molecular flexibility index (Phi) is 9.63. The van der Waals surface area contributed by atoms with E-state index in [1.165, 1.54) is 25.3 Å². The quantitative estimate of drug-likeness (QED) is 0.158. The third kappa shape index (κ3) is 7.33. The minimum atomic E-state index is -0.582. The van der Waals surface area contributed by atoms with Gasteiger partial charge in [0.2, 0.25) is 0 Å². The molecule has 7 nitrogen and oxygen atoms in total. The van der Waals surface area contributed by atoms with Gasteiger partial charge in [0, 0.05) is 11.3 Å². The van der Waals surface area contributed by atoms with E-state index in [0.717, 1.165) is 11.1 Å². The molecule has 0 unspecified atom stereocenters. The number of allylic oxidation sites excluding steroid dienone is 1. The Morgan fingerprint density at radius 2 is 1.78 bits per heavy atom. The number of nitrogens with one attached hydrogen (secondary N) is 1. The minimum absolute atomic E-state index is 0.0954. The summed E-state index contributed by atoms with van der Waals surface area (Å²) in [7, 11) is 1.29. The lowest BCUT2D eigenvalue weighted by Gasteiger charge is -2.17. The molecule has 0 bridgehead atoms. The van der Waals surface area contributed by atoms with Gasteiger partial charge in [0.1, 0.15) is 18.2 Å². The molecule has 0 aliphatic heterocycles. The summed E-state index contributed by atoms with van der Waals surface area (Å²) >= 11 is 0. The van der Waals surface area contributed by atoms with Crippen LogP contribution in [0.1, 0.15) is 34.0 Å². The highest BCUT2D eigenvalue weighted by Gasteiger charge is 2.16. The summed E-state index contributed by atoms with van der Waals surface area (Å²) in [5.41, 5.74) is 3.14. The largest absolute Gasteiger partial charge is 0.490 e. The third-order valence-corrected chi connectivity index (χ3v) is 5.28. The van der Waals surface area contributed by atoms with Crippen LogP contribution in [0.25, 0.3) is 6.08 Å². The van der Waals surface area contributed by atoms with Crippen molar-refractivity contribution in [3.63, 3.8) is 0 Å². The Labute approximate surface area is 216 Å². The molecule has 7 heteroatoms. The second kappa shape index (κ2) is 13.3. The maximum atomic E-state index is 12.8.